The molecule has 24 heavy (non-hydrogen) atoms. The van der Waals surface area contributed by atoms with Crippen molar-refractivity contribution in [3.63, 3.8) is 0 Å². The van der Waals surface area contributed by atoms with E-state index in [-0.39, 0.29) is 12.1 Å². The van der Waals surface area contributed by atoms with Crippen molar-refractivity contribution in [2.45, 2.75) is 45.2 Å². The average molecular weight is 354 g/mol. The zero-order chi connectivity index (χ0) is 17.4. The predicted molar refractivity (Wildman–Crippen MR) is 99.7 cm³/mol. The molecule has 1 aromatic heterocycles. The van der Waals surface area contributed by atoms with Crippen molar-refractivity contribution in [2.75, 3.05) is 39.9 Å². The minimum absolute atomic E-state index is 0.0408. The van der Waals surface area contributed by atoms with Gasteiger partial charge in [0, 0.05) is 50.2 Å². The molecule has 1 saturated heterocycles. The van der Waals surface area contributed by atoms with Crippen LogP contribution in [0.25, 0.3) is 0 Å². The molecule has 1 aliphatic heterocycles. The number of urea groups is 1. The van der Waals surface area contributed by atoms with E-state index in [9.17, 15) is 4.79 Å². The molecule has 0 aliphatic carbocycles. The van der Waals surface area contributed by atoms with Gasteiger partial charge in [-0.3, -0.25) is 0 Å². The molecule has 2 heterocycles. The maximum absolute atomic E-state index is 12.5. The van der Waals surface area contributed by atoms with Crippen molar-refractivity contribution in [3.05, 3.63) is 22.4 Å². The molecule has 0 atom stereocenters. The number of ether oxygens (including phenoxy) is 1. The van der Waals surface area contributed by atoms with Gasteiger partial charge in [0.05, 0.1) is 6.61 Å². The first kappa shape index (κ1) is 19.2. The van der Waals surface area contributed by atoms with Crippen LogP contribution in [0.3, 0.4) is 0 Å². The number of carbonyl (C=O) groups is 1. The molecule has 5 nitrogen and oxygen atoms in total. The lowest BCUT2D eigenvalue weighted by atomic mass is 10.0. The Balaban J connectivity index is 1.81. The molecule has 0 bridgehead atoms. The summed E-state index contributed by atoms with van der Waals surface area (Å²) >= 11 is 1.83. The standard InChI is InChI=1S/C18H31N3O2S/c1-15(2)19-18(22)21(12-13-23-3)16-6-9-20(10-7-16)11-8-17-5-4-14-24-17/h4-5,14-16H,6-13H2,1-3H3,(H,19,22). The van der Waals surface area contributed by atoms with E-state index in [1.165, 1.54) is 4.88 Å². The Morgan fingerprint density at radius 2 is 2.21 bits per heavy atom. The highest BCUT2D eigenvalue weighted by molar-refractivity contribution is 7.09. The van der Waals surface area contributed by atoms with Gasteiger partial charge < -0.3 is 19.9 Å². The fraction of sp³-hybridized carbons (Fsp3) is 0.722. The fourth-order valence-corrected chi connectivity index (χ4v) is 3.85. The highest BCUT2D eigenvalue weighted by atomic mass is 32.1. The number of rotatable bonds is 8. The van der Waals surface area contributed by atoms with E-state index in [1.54, 1.807) is 7.11 Å². The first-order valence-corrected chi connectivity index (χ1v) is 9.79. The van der Waals surface area contributed by atoms with E-state index < -0.39 is 0 Å². The number of hydrogen-bond donors (Lipinski definition) is 1. The summed E-state index contributed by atoms with van der Waals surface area (Å²) in [6.07, 6.45) is 3.21. The summed E-state index contributed by atoms with van der Waals surface area (Å²) in [7, 11) is 1.69. The molecular formula is C18H31N3O2S. The molecule has 1 fully saturated rings. The van der Waals surface area contributed by atoms with Crippen LogP contribution in [0.1, 0.15) is 31.6 Å². The summed E-state index contributed by atoms with van der Waals surface area (Å²) in [6.45, 7) is 8.49. The Bertz CT molecular complexity index is 471. The number of carbonyl (C=O) groups excluding carboxylic acids is 1. The van der Waals surface area contributed by atoms with E-state index >= 15 is 0 Å². The lowest BCUT2D eigenvalue weighted by molar-refractivity contribution is 0.0947. The van der Waals surface area contributed by atoms with Crippen molar-refractivity contribution >= 4 is 17.4 Å². The van der Waals surface area contributed by atoms with Crippen LogP contribution in [0.4, 0.5) is 4.79 Å². The number of nitrogens with zero attached hydrogens (tertiary/aromatic N) is 2. The Morgan fingerprint density at radius 3 is 2.79 bits per heavy atom. The first-order valence-electron chi connectivity index (χ1n) is 8.91. The summed E-state index contributed by atoms with van der Waals surface area (Å²) in [6, 6.07) is 4.84. The van der Waals surface area contributed by atoms with Crippen molar-refractivity contribution in [1.82, 2.24) is 15.1 Å². The maximum Gasteiger partial charge on any atom is 0.317 e. The van der Waals surface area contributed by atoms with E-state index in [2.05, 4.69) is 27.7 Å². The van der Waals surface area contributed by atoms with Crippen LogP contribution in [0.15, 0.2) is 17.5 Å². The largest absolute Gasteiger partial charge is 0.383 e. The molecular weight excluding hydrogens is 322 g/mol. The van der Waals surface area contributed by atoms with E-state index in [1.807, 2.05) is 30.1 Å². The molecule has 0 unspecified atom stereocenters. The zero-order valence-electron chi connectivity index (χ0n) is 15.2. The molecule has 0 aromatic carbocycles. The minimum Gasteiger partial charge on any atom is -0.383 e. The molecule has 6 heteroatoms. The number of methoxy groups -OCH3 is 1. The lowest BCUT2D eigenvalue weighted by Gasteiger charge is -2.38. The molecule has 1 aromatic rings. The topological polar surface area (TPSA) is 44.8 Å². The first-order chi connectivity index (χ1) is 11.6. The molecule has 0 radical (unpaired) electrons. The third-order valence-electron chi connectivity index (χ3n) is 4.46. The third-order valence-corrected chi connectivity index (χ3v) is 5.40. The second kappa shape index (κ2) is 10.0. The second-order valence-electron chi connectivity index (χ2n) is 6.69. The van der Waals surface area contributed by atoms with Gasteiger partial charge in [-0.15, -0.1) is 11.3 Å². The summed E-state index contributed by atoms with van der Waals surface area (Å²) in [5, 5.41) is 5.16. The molecule has 1 aliphatic rings. The van der Waals surface area contributed by atoms with Crippen LogP contribution in [0, 0.1) is 0 Å². The molecule has 0 saturated carbocycles. The van der Waals surface area contributed by atoms with Crippen molar-refractivity contribution in [2.24, 2.45) is 0 Å². The Morgan fingerprint density at radius 1 is 1.46 bits per heavy atom. The van der Waals surface area contributed by atoms with Gasteiger partial charge in [-0.05, 0) is 44.6 Å². The van der Waals surface area contributed by atoms with Gasteiger partial charge in [-0.25, -0.2) is 4.79 Å². The molecule has 1 N–H and O–H groups in total. The SMILES string of the molecule is COCCN(C(=O)NC(C)C)C1CCN(CCc2cccs2)CC1. The van der Waals surface area contributed by atoms with Gasteiger partial charge in [0.25, 0.3) is 0 Å². The van der Waals surface area contributed by atoms with Crippen LogP contribution >= 0.6 is 11.3 Å². The van der Waals surface area contributed by atoms with Gasteiger partial charge in [0.1, 0.15) is 0 Å². The zero-order valence-corrected chi connectivity index (χ0v) is 16.0. The van der Waals surface area contributed by atoms with E-state index in [0.29, 0.717) is 19.2 Å². The highest BCUT2D eigenvalue weighted by Gasteiger charge is 2.27. The van der Waals surface area contributed by atoms with Gasteiger partial charge in [0.2, 0.25) is 0 Å². The van der Waals surface area contributed by atoms with Gasteiger partial charge in [-0.1, -0.05) is 6.07 Å². The number of nitrogens with one attached hydrogen (secondary N) is 1. The average Bonchev–Trinajstić information content (AvgIpc) is 3.07. The van der Waals surface area contributed by atoms with Gasteiger partial charge >= 0.3 is 6.03 Å². The van der Waals surface area contributed by atoms with Crippen molar-refractivity contribution < 1.29 is 9.53 Å². The number of likely N-dealkylation sites (tertiary alicyclic amines) is 1. The number of hydrogen-bond acceptors (Lipinski definition) is 4. The molecule has 0 spiro atoms. The van der Waals surface area contributed by atoms with E-state index in [0.717, 1.165) is 38.9 Å². The van der Waals surface area contributed by atoms with Crippen molar-refractivity contribution in [1.29, 1.82) is 0 Å². The molecule has 2 amide bonds. The Kier molecular flexibility index (Phi) is 8.02. The lowest BCUT2D eigenvalue weighted by Crippen LogP contribution is -2.53. The third kappa shape index (κ3) is 6.07. The summed E-state index contributed by atoms with van der Waals surface area (Å²) in [5.41, 5.74) is 0. The Labute approximate surface area is 150 Å². The molecule has 2 rings (SSSR count). The number of thiophene rings is 1. The maximum atomic E-state index is 12.5. The number of amides is 2. The summed E-state index contributed by atoms with van der Waals surface area (Å²) in [5.74, 6) is 0. The van der Waals surface area contributed by atoms with E-state index in [4.69, 9.17) is 4.74 Å². The van der Waals surface area contributed by atoms with Crippen LogP contribution in [0.2, 0.25) is 0 Å². The Hall–Kier alpha value is -1.11. The van der Waals surface area contributed by atoms with Crippen molar-refractivity contribution in [3.8, 4) is 0 Å². The van der Waals surface area contributed by atoms with Gasteiger partial charge in [-0.2, -0.15) is 0 Å². The van der Waals surface area contributed by atoms with Crippen LogP contribution in [-0.4, -0.2) is 67.8 Å². The van der Waals surface area contributed by atoms with Gasteiger partial charge in [0.15, 0.2) is 0 Å². The fourth-order valence-electron chi connectivity index (χ4n) is 3.15. The second-order valence-corrected chi connectivity index (χ2v) is 7.72. The normalized spacial score (nSPS) is 16.5. The van der Waals surface area contributed by atoms with Crippen LogP contribution in [0.5, 0.6) is 0 Å². The van der Waals surface area contributed by atoms with Crippen LogP contribution < -0.4 is 5.32 Å². The predicted octanol–water partition coefficient (Wildman–Crippen LogP) is 2.82. The summed E-state index contributed by atoms with van der Waals surface area (Å²) in [4.78, 5) is 18.4. The van der Waals surface area contributed by atoms with Crippen LogP contribution in [-0.2, 0) is 11.2 Å². The smallest absolute Gasteiger partial charge is 0.317 e. The molecule has 136 valence electrons. The minimum atomic E-state index is 0.0408. The number of piperidine rings is 1. The summed E-state index contributed by atoms with van der Waals surface area (Å²) < 4.78 is 5.19. The monoisotopic (exact) mass is 353 g/mol. The quantitative estimate of drug-likeness (QED) is 0.782. The highest BCUT2D eigenvalue weighted by Crippen LogP contribution is 2.18.